The Morgan fingerprint density at radius 2 is 1.79 bits per heavy atom. The largest absolute Gasteiger partial charge is 0.395 e. The molecule has 24 heavy (non-hydrogen) atoms. The molecule has 0 aliphatic rings. The van der Waals surface area contributed by atoms with Crippen LogP contribution in [0.15, 0.2) is 58.9 Å². The van der Waals surface area contributed by atoms with Crippen molar-refractivity contribution >= 4 is 28.6 Å². The molecule has 1 heterocycles. The predicted octanol–water partition coefficient (Wildman–Crippen LogP) is 4.66. The summed E-state index contributed by atoms with van der Waals surface area (Å²) in [5.74, 6) is 0. The SMILES string of the molecule is CCc1ccc(N=c2scc(-c3ccc(Cl)cc3)n2CCO)cc1. The summed E-state index contributed by atoms with van der Waals surface area (Å²) in [6.45, 7) is 2.71. The van der Waals surface area contributed by atoms with Crippen molar-refractivity contribution in [3.8, 4) is 11.3 Å². The number of hydrogen-bond donors (Lipinski definition) is 1. The van der Waals surface area contributed by atoms with E-state index in [0.717, 1.165) is 28.2 Å². The van der Waals surface area contributed by atoms with Gasteiger partial charge >= 0.3 is 0 Å². The number of halogens is 1. The van der Waals surface area contributed by atoms with Crippen LogP contribution in [0, 0.1) is 0 Å². The molecule has 2 aromatic carbocycles. The highest BCUT2D eigenvalue weighted by atomic mass is 35.5. The summed E-state index contributed by atoms with van der Waals surface area (Å²) >= 11 is 7.55. The molecule has 5 heteroatoms. The number of aliphatic hydroxyl groups is 1. The summed E-state index contributed by atoms with van der Waals surface area (Å²) < 4.78 is 2.04. The molecule has 1 N–H and O–H groups in total. The Kier molecular flexibility index (Phi) is 5.51. The minimum absolute atomic E-state index is 0.0687. The minimum Gasteiger partial charge on any atom is -0.395 e. The average molecular weight is 359 g/mol. The third-order valence-corrected chi connectivity index (χ3v) is 4.95. The summed E-state index contributed by atoms with van der Waals surface area (Å²) in [5.41, 5.74) is 4.31. The van der Waals surface area contributed by atoms with Gasteiger partial charge in [0.25, 0.3) is 0 Å². The number of benzene rings is 2. The van der Waals surface area contributed by atoms with E-state index in [-0.39, 0.29) is 6.61 Å². The van der Waals surface area contributed by atoms with Gasteiger partial charge < -0.3 is 9.67 Å². The fourth-order valence-electron chi connectivity index (χ4n) is 2.50. The van der Waals surface area contributed by atoms with Gasteiger partial charge in [-0.25, -0.2) is 4.99 Å². The standard InChI is InChI=1S/C19H19ClN2OS/c1-2-14-3-9-17(10-4-14)21-19-22(11-12-23)18(13-24-19)15-5-7-16(20)8-6-15/h3-10,13,23H,2,11-12H2,1H3. The van der Waals surface area contributed by atoms with Crippen LogP contribution in [0.4, 0.5) is 5.69 Å². The Balaban J connectivity index is 2.04. The maximum Gasteiger partial charge on any atom is 0.190 e. The van der Waals surface area contributed by atoms with Gasteiger partial charge in [0.15, 0.2) is 4.80 Å². The van der Waals surface area contributed by atoms with Crippen LogP contribution in [0.2, 0.25) is 5.02 Å². The van der Waals surface area contributed by atoms with Crippen LogP contribution in [0.3, 0.4) is 0 Å². The average Bonchev–Trinajstić information content (AvgIpc) is 2.99. The van der Waals surface area contributed by atoms with Crippen molar-refractivity contribution in [3.05, 3.63) is 69.3 Å². The maximum absolute atomic E-state index is 9.43. The van der Waals surface area contributed by atoms with Crippen molar-refractivity contribution < 1.29 is 5.11 Å². The van der Waals surface area contributed by atoms with E-state index in [2.05, 4.69) is 24.4 Å². The highest BCUT2D eigenvalue weighted by Crippen LogP contribution is 2.23. The Bertz CT molecular complexity index is 864. The van der Waals surface area contributed by atoms with Crippen LogP contribution in [-0.2, 0) is 13.0 Å². The molecule has 1 aromatic heterocycles. The fraction of sp³-hybridized carbons (Fsp3) is 0.211. The molecule has 0 unspecified atom stereocenters. The molecule has 0 atom stereocenters. The van der Waals surface area contributed by atoms with Gasteiger partial charge in [-0.15, -0.1) is 11.3 Å². The second kappa shape index (κ2) is 7.79. The zero-order chi connectivity index (χ0) is 16.9. The Morgan fingerprint density at radius 3 is 2.42 bits per heavy atom. The molecule has 3 nitrogen and oxygen atoms in total. The molecule has 0 spiro atoms. The van der Waals surface area contributed by atoms with Crippen molar-refractivity contribution in [2.24, 2.45) is 4.99 Å². The number of thiazole rings is 1. The van der Waals surface area contributed by atoms with Gasteiger partial charge in [-0.1, -0.05) is 42.8 Å². The van der Waals surface area contributed by atoms with Crippen LogP contribution in [-0.4, -0.2) is 16.3 Å². The van der Waals surface area contributed by atoms with E-state index in [4.69, 9.17) is 16.6 Å². The van der Waals surface area contributed by atoms with Crippen molar-refractivity contribution in [1.82, 2.24) is 4.57 Å². The van der Waals surface area contributed by atoms with Crippen LogP contribution in [0.5, 0.6) is 0 Å². The van der Waals surface area contributed by atoms with E-state index in [1.54, 1.807) is 11.3 Å². The number of aliphatic hydroxyl groups excluding tert-OH is 1. The topological polar surface area (TPSA) is 37.5 Å². The predicted molar refractivity (Wildman–Crippen MR) is 101 cm³/mol. The lowest BCUT2D eigenvalue weighted by Gasteiger charge is -2.07. The zero-order valence-corrected chi connectivity index (χ0v) is 15.0. The molecule has 0 aliphatic carbocycles. The van der Waals surface area contributed by atoms with Crippen molar-refractivity contribution in [2.75, 3.05) is 6.61 Å². The molecule has 0 radical (unpaired) electrons. The number of hydrogen-bond acceptors (Lipinski definition) is 3. The van der Waals surface area contributed by atoms with Gasteiger partial charge in [0.2, 0.25) is 0 Å². The first-order valence-corrected chi connectivity index (χ1v) is 9.16. The molecule has 0 saturated carbocycles. The van der Waals surface area contributed by atoms with Gasteiger partial charge in [-0.2, -0.15) is 0 Å². The number of rotatable bonds is 5. The first-order valence-electron chi connectivity index (χ1n) is 7.90. The first kappa shape index (κ1) is 17.0. The summed E-state index contributed by atoms with van der Waals surface area (Å²) in [6.07, 6.45) is 1.02. The van der Waals surface area contributed by atoms with E-state index in [0.29, 0.717) is 11.6 Å². The summed E-state index contributed by atoms with van der Waals surface area (Å²) in [4.78, 5) is 5.62. The summed E-state index contributed by atoms with van der Waals surface area (Å²) in [7, 11) is 0. The number of aromatic nitrogens is 1. The molecule has 0 aliphatic heterocycles. The molecule has 0 saturated heterocycles. The van der Waals surface area contributed by atoms with Gasteiger partial charge in [0, 0.05) is 16.9 Å². The monoisotopic (exact) mass is 358 g/mol. The molecule has 124 valence electrons. The fourth-order valence-corrected chi connectivity index (χ4v) is 3.58. The van der Waals surface area contributed by atoms with E-state index in [9.17, 15) is 5.11 Å². The van der Waals surface area contributed by atoms with Crippen molar-refractivity contribution in [1.29, 1.82) is 0 Å². The van der Waals surface area contributed by atoms with E-state index < -0.39 is 0 Å². The second-order valence-electron chi connectivity index (χ2n) is 5.42. The van der Waals surface area contributed by atoms with E-state index in [1.807, 2.05) is 41.0 Å². The van der Waals surface area contributed by atoms with Crippen molar-refractivity contribution in [2.45, 2.75) is 19.9 Å². The van der Waals surface area contributed by atoms with Crippen molar-refractivity contribution in [3.63, 3.8) is 0 Å². The molecule has 0 amide bonds. The zero-order valence-electron chi connectivity index (χ0n) is 13.4. The quantitative estimate of drug-likeness (QED) is 0.707. The highest BCUT2D eigenvalue weighted by Gasteiger charge is 2.08. The van der Waals surface area contributed by atoms with Gasteiger partial charge in [0.1, 0.15) is 0 Å². The van der Waals surface area contributed by atoms with E-state index >= 15 is 0 Å². The van der Waals surface area contributed by atoms with Crippen LogP contribution >= 0.6 is 22.9 Å². The lowest BCUT2D eigenvalue weighted by atomic mass is 10.1. The lowest BCUT2D eigenvalue weighted by Crippen LogP contribution is -2.17. The van der Waals surface area contributed by atoms with Crippen LogP contribution < -0.4 is 4.80 Å². The smallest absolute Gasteiger partial charge is 0.190 e. The van der Waals surface area contributed by atoms with Gasteiger partial charge in [0.05, 0.1) is 18.0 Å². The molecule has 0 bridgehead atoms. The Hall–Kier alpha value is -1.88. The first-order chi connectivity index (χ1) is 11.7. The number of aryl methyl sites for hydroxylation is 1. The number of nitrogens with zero attached hydrogens (tertiary/aromatic N) is 2. The van der Waals surface area contributed by atoms with Gasteiger partial charge in [-0.3, -0.25) is 0 Å². The molecular formula is C19H19ClN2OS. The third-order valence-electron chi connectivity index (χ3n) is 3.83. The van der Waals surface area contributed by atoms with Gasteiger partial charge in [-0.05, 0) is 41.8 Å². The lowest BCUT2D eigenvalue weighted by molar-refractivity contribution is 0.275. The summed E-state index contributed by atoms with van der Waals surface area (Å²) in [6, 6.07) is 16.0. The summed E-state index contributed by atoms with van der Waals surface area (Å²) in [5, 5.41) is 12.2. The highest BCUT2D eigenvalue weighted by molar-refractivity contribution is 7.07. The Labute approximate surface area is 150 Å². The molecule has 0 fully saturated rings. The second-order valence-corrected chi connectivity index (χ2v) is 6.69. The molecule has 3 rings (SSSR count). The maximum atomic E-state index is 9.43. The third kappa shape index (κ3) is 3.78. The minimum atomic E-state index is 0.0687. The molecular weight excluding hydrogens is 340 g/mol. The Morgan fingerprint density at radius 1 is 1.08 bits per heavy atom. The normalized spacial score (nSPS) is 11.9. The van der Waals surface area contributed by atoms with Crippen LogP contribution in [0.25, 0.3) is 11.3 Å². The molecule has 3 aromatic rings. The van der Waals surface area contributed by atoms with Crippen LogP contribution in [0.1, 0.15) is 12.5 Å². The van der Waals surface area contributed by atoms with E-state index in [1.165, 1.54) is 5.56 Å².